The summed E-state index contributed by atoms with van der Waals surface area (Å²) in [4.78, 5) is 0. The Labute approximate surface area is 127 Å². The second kappa shape index (κ2) is 8.88. The average molecular weight is 305 g/mol. The van der Waals surface area contributed by atoms with Crippen LogP contribution in [0.5, 0.6) is 0 Å². The van der Waals surface area contributed by atoms with E-state index in [1.54, 1.807) is 5.06 Å². The smallest absolute Gasteiger partial charge is 0.306 e. The maximum atomic E-state index is 5.74. The third kappa shape index (κ3) is 6.34. The Kier molecular flexibility index (Phi) is 6.80. The SMILES string of the molecule is CN(C)OP(OCc1ccccc1)OCc1ccccc1. The fraction of sp³-hybridized carbons (Fsp3) is 0.250. The molecule has 0 unspecified atom stereocenters. The highest BCUT2D eigenvalue weighted by atomic mass is 31.2. The van der Waals surface area contributed by atoms with E-state index in [0.717, 1.165) is 11.1 Å². The summed E-state index contributed by atoms with van der Waals surface area (Å²) in [6.45, 7) is 0.935. The van der Waals surface area contributed by atoms with Crippen LogP contribution in [0, 0.1) is 0 Å². The zero-order valence-corrected chi connectivity index (χ0v) is 13.2. The van der Waals surface area contributed by atoms with Crippen molar-refractivity contribution in [2.24, 2.45) is 0 Å². The van der Waals surface area contributed by atoms with Crippen molar-refractivity contribution in [1.82, 2.24) is 5.06 Å². The molecule has 0 saturated heterocycles. The van der Waals surface area contributed by atoms with Gasteiger partial charge in [-0.3, -0.25) is 0 Å². The highest BCUT2D eigenvalue weighted by Gasteiger charge is 2.15. The second-order valence-electron chi connectivity index (χ2n) is 4.64. The summed E-state index contributed by atoms with van der Waals surface area (Å²) in [5.41, 5.74) is 2.19. The van der Waals surface area contributed by atoms with Crippen LogP contribution in [-0.4, -0.2) is 19.2 Å². The summed E-state index contributed by atoms with van der Waals surface area (Å²) < 4.78 is 17.0. The summed E-state index contributed by atoms with van der Waals surface area (Å²) in [6, 6.07) is 20.0. The molecule has 0 aliphatic heterocycles. The van der Waals surface area contributed by atoms with Crippen molar-refractivity contribution in [2.75, 3.05) is 14.1 Å². The van der Waals surface area contributed by atoms with Crippen LogP contribution in [0.25, 0.3) is 0 Å². The van der Waals surface area contributed by atoms with Crippen LogP contribution in [0.15, 0.2) is 60.7 Å². The first-order valence-electron chi connectivity index (χ1n) is 6.73. The van der Waals surface area contributed by atoms with Crippen LogP contribution >= 0.6 is 8.60 Å². The molecule has 0 spiro atoms. The number of rotatable bonds is 8. The molecule has 0 aliphatic rings. The summed E-state index contributed by atoms with van der Waals surface area (Å²) in [6.07, 6.45) is 0. The first-order chi connectivity index (χ1) is 10.2. The van der Waals surface area contributed by atoms with E-state index < -0.39 is 8.60 Å². The summed E-state index contributed by atoms with van der Waals surface area (Å²) in [7, 11) is 2.20. The van der Waals surface area contributed by atoms with Crippen molar-refractivity contribution in [1.29, 1.82) is 0 Å². The normalized spacial score (nSPS) is 11.2. The zero-order valence-electron chi connectivity index (χ0n) is 12.3. The van der Waals surface area contributed by atoms with Crippen molar-refractivity contribution >= 4 is 8.60 Å². The van der Waals surface area contributed by atoms with Crippen molar-refractivity contribution in [3.8, 4) is 0 Å². The van der Waals surface area contributed by atoms with E-state index in [1.165, 1.54) is 0 Å². The number of nitrogens with zero attached hydrogens (tertiary/aromatic N) is 1. The first kappa shape index (κ1) is 16.1. The van der Waals surface area contributed by atoms with Gasteiger partial charge >= 0.3 is 8.60 Å². The van der Waals surface area contributed by atoms with Crippen LogP contribution in [0.3, 0.4) is 0 Å². The number of benzene rings is 2. The van der Waals surface area contributed by atoms with Gasteiger partial charge in [-0.05, 0) is 11.1 Å². The van der Waals surface area contributed by atoms with E-state index in [4.69, 9.17) is 13.7 Å². The lowest BCUT2D eigenvalue weighted by Gasteiger charge is -2.19. The van der Waals surface area contributed by atoms with Gasteiger partial charge in [-0.25, -0.2) is 4.62 Å². The minimum Gasteiger partial charge on any atom is -0.306 e. The maximum absolute atomic E-state index is 5.74. The molecular weight excluding hydrogens is 285 g/mol. The lowest BCUT2D eigenvalue weighted by Crippen LogP contribution is -2.11. The molecule has 0 N–H and O–H groups in total. The minimum absolute atomic E-state index is 0.467. The fourth-order valence-electron chi connectivity index (χ4n) is 1.62. The van der Waals surface area contributed by atoms with E-state index in [1.807, 2.05) is 74.8 Å². The largest absolute Gasteiger partial charge is 0.351 e. The second-order valence-corrected chi connectivity index (χ2v) is 5.76. The first-order valence-corrected chi connectivity index (χ1v) is 7.83. The zero-order chi connectivity index (χ0) is 14.9. The molecule has 4 nitrogen and oxygen atoms in total. The van der Waals surface area contributed by atoms with E-state index in [-0.39, 0.29) is 0 Å². The van der Waals surface area contributed by atoms with Gasteiger partial charge in [0.2, 0.25) is 0 Å². The molecule has 0 atom stereocenters. The van der Waals surface area contributed by atoms with Crippen molar-refractivity contribution in [3.05, 3.63) is 71.8 Å². The Morgan fingerprint density at radius 2 is 1.19 bits per heavy atom. The standard InChI is InChI=1S/C16H20NO3P/c1-17(2)20-21(18-13-15-9-5-3-6-10-15)19-14-16-11-7-4-8-12-16/h3-12H,13-14H2,1-2H3. The lowest BCUT2D eigenvalue weighted by molar-refractivity contribution is -0.0329. The van der Waals surface area contributed by atoms with E-state index in [9.17, 15) is 0 Å². The molecule has 0 aromatic heterocycles. The predicted octanol–water partition coefficient (Wildman–Crippen LogP) is 4.14. The quantitative estimate of drug-likeness (QED) is 0.542. The number of hydrogen-bond donors (Lipinski definition) is 0. The van der Waals surface area contributed by atoms with Crippen LogP contribution in [0.2, 0.25) is 0 Å². The molecule has 0 aliphatic carbocycles. The number of hydrogen-bond acceptors (Lipinski definition) is 4. The molecule has 112 valence electrons. The van der Waals surface area contributed by atoms with E-state index in [0.29, 0.717) is 13.2 Å². The molecule has 0 radical (unpaired) electrons. The molecule has 0 fully saturated rings. The molecule has 0 amide bonds. The van der Waals surface area contributed by atoms with E-state index >= 15 is 0 Å². The molecule has 5 heteroatoms. The van der Waals surface area contributed by atoms with Gasteiger partial charge in [-0.1, -0.05) is 60.7 Å². The van der Waals surface area contributed by atoms with Crippen LogP contribution in [0.1, 0.15) is 11.1 Å². The van der Waals surface area contributed by atoms with Crippen LogP contribution in [-0.2, 0) is 26.9 Å². The van der Waals surface area contributed by atoms with Gasteiger partial charge in [0.15, 0.2) is 0 Å². The van der Waals surface area contributed by atoms with Crippen LogP contribution in [0.4, 0.5) is 0 Å². The van der Waals surface area contributed by atoms with Gasteiger partial charge < -0.3 is 9.05 Å². The average Bonchev–Trinajstić information content (AvgIpc) is 2.51. The van der Waals surface area contributed by atoms with E-state index in [2.05, 4.69) is 0 Å². The Hall–Kier alpha value is -1.29. The van der Waals surface area contributed by atoms with Gasteiger partial charge in [0, 0.05) is 14.1 Å². The van der Waals surface area contributed by atoms with Gasteiger partial charge in [-0.2, -0.15) is 5.06 Å². The van der Waals surface area contributed by atoms with Crippen molar-refractivity contribution in [2.45, 2.75) is 13.2 Å². The monoisotopic (exact) mass is 305 g/mol. The van der Waals surface area contributed by atoms with Crippen molar-refractivity contribution in [3.63, 3.8) is 0 Å². The summed E-state index contributed by atoms with van der Waals surface area (Å²) in [5.74, 6) is 0. The van der Waals surface area contributed by atoms with Gasteiger partial charge in [0.05, 0.1) is 13.2 Å². The molecular formula is C16H20NO3P. The highest BCUT2D eigenvalue weighted by Crippen LogP contribution is 2.41. The lowest BCUT2D eigenvalue weighted by atomic mass is 10.2. The van der Waals surface area contributed by atoms with Gasteiger partial charge in [-0.15, -0.1) is 0 Å². The van der Waals surface area contributed by atoms with Gasteiger partial charge in [0.1, 0.15) is 0 Å². The topological polar surface area (TPSA) is 30.9 Å². The third-order valence-corrected chi connectivity index (χ3v) is 3.73. The Morgan fingerprint density at radius 1 is 0.762 bits per heavy atom. The Morgan fingerprint density at radius 3 is 1.57 bits per heavy atom. The third-order valence-electron chi connectivity index (χ3n) is 2.59. The van der Waals surface area contributed by atoms with Gasteiger partial charge in [0.25, 0.3) is 0 Å². The van der Waals surface area contributed by atoms with Crippen molar-refractivity contribution < 1.29 is 13.7 Å². The Balaban J connectivity index is 1.85. The maximum Gasteiger partial charge on any atom is 0.351 e. The number of hydroxylamine groups is 2. The fourth-order valence-corrected chi connectivity index (χ4v) is 2.57. The predicted molar refractivity (Wildman–Crippen MR) is 84.2 cm³/mol. The molecule has 2 aromatic rings. The molecule has 0 bridgehead atoms. The molecule has 0 saturated carbocycles. The summed E-state index contributed by atoms with van der Waals surface area (Å²) in [5, 5.41) is 1.60. The molecule has 2 rings (SSSR count). The highest BCUT2D eigenvalue weighted by molar-refractivity contribution is 7.41. The molecule has 21 heavy (non-hydrogen) atoms. The molecule has 0 heterocycles. The molecule has 2 aromatic carbocycles. The van der Waals surface area contributed by atoms with Crippen LogP contribution < -0.4 is 0 Å². The minimum atomic E-state index is -1.42. The summed E-state index contributed by atoms with van der Waals surface area (Å²) >= 11 is 0. The Bertz CT molecular complexity index is 464.